The van der Waals surface area contributed by atoms with Crippen molar-refractivity contribution in [2.45, 2.75) is 6.92 Å². The number of nitrogens with zero attached hydrogens (tertiary/aromatic N) is 2. The van der Waals surface area contributed by atoms with E-state index in [-0.39, 0.29) is 5.91 Å². The van der Waals surface area contributed by atoms with E-state index in [0.29, 0.717) is 11.4 Å². The molecule has 0 aliphatic rings. The highest BCUT2D eigenvalue weighted by Crippen LogP contribution is 2.21. The van der Waals surface area contributed by atoms with Crippen molar-refractivity contribution in [1.29, 1.82) is 0 Å². The van der Waals surface area contributed by atoms with Gasteiger partial charge in [-0.05, 0) is 25.1 Å². The Morgan fingerprint density at radius 1 is 1.15 bits per heavy atom. The number of rotatable bonds is 2. The number of fused-ring (bicyclic) bond motifs is 1. The summed E-state index contributed by atoms with van der Waals surface area (Å²) >= 11 is 0. The lowest BCUT2D eigenvalue weighted by atomic mass is 10.1. The number of nitrogens with one attached hydrogen (secondary N) is 1. The SMILES string of the molecule is Cc1cccc(NC(=O)c2cn(C)c3ccccc23)n1. The summed E-state index contributed by atoms with van der Waals surface area (Å²) in [6.07, 6.45) is 1.84. The van der Waals surface area contributed by atoms with E-state index in [2.05, 4.69) is 10.3 Å². The van der Waals surface area contributed by atoms with Crippen LogP contribution in [0.1, 0.15) is 16.1 Å². The van der Waals surface area contributed by atoms with Crippen LogP contribution in [-0.4, -0.2) is 15.5 Å². The van der Waals surface area contributed by atoms with Gasteiger partial charge in [0.25, 0.3) is 5.91 Å². The summed E-state index contributed by atoms with van der Waals surface area (Å²) in [5.41, 5.74) is 2.57. The molecule has 0 atom stereocenters. The van der Waals surface area contributed by atoms with Gasteiger partial charge in [0, 0.05) is 29.8 Å². The van der Waals surface area contributed by atoms with E-state index in [1.54, 1.807) is 6.07 Å². The molecule has 0 bridgehead atoms. The second-order valence-corrected chi connectivity index (χ2v) is 4.79. The molecular formula is C16H15N3O. The number of carbonyl (C=O) groups excluding carboxylic acids is 1. The van der Waals surface area contributed by atoms with Crippen LogP contribution >= 0.6 is 0 Å². The molecule has 0 aliphatic heterocycles. The maximum atomic E-state index is 12.4. The van der Waals surface area contributed by atoms with Crippen molar-refractivity contribution < 1.29 is 4.79 Å². The molecule has 1 N–H and O–H groups in total. The van der Waals surface area contributed by atoms with Crippen molar-refractivity contribution in [3.05, 3.63) is 59.9 Å². The fourth-order valence-corrected chi connectivity index (χ4v) is 2.32. The standard InChI is InChI=1S/C16H15N3O/c1-11-6-5-9-15(17-11)18-16(20)13-10-19(2)14-8-4-3-7-12(13)14/h3-10H,1-2H3,(H,17,18,20). The van der Waals surface area contributed by atoms with E-state index in [1.807, 2.05) is 61.1 Å². The number of anilines is 1. The van der Waals surface area contributed by atoms with Gasteiger partial charge in [-0.2, -0.15) is 0 Å². The fourth-order valence-electron chi connectivity index (χ4n) is 2.32. The molecule has 0 unspecified atom stereocenters. The third-order valence-corrected chi connectivity index (χ3v) is 3.27. The second-order valence-electron chi connectivity index (χ2n) is 4.79. The zero-order valence-corrected chi connectivity index (χ0v) is 11.4. The molecule has 0 fully saturated rings. The third kappa shape index (κ3) is 2.16. The average molecular weight is 265 g/mol. The van der Waals surface area contributed by atoms with Crippen LogP contribution in [0.2, 0.25) is 0 Å². The zero-order chi connectivity index (χ0) is 14.1. The Balaban J connectivity index is 1.97. The van der Waals surface area contributed by atoms with Gasteiger partial charge in [-0.3, -0.25) is 4.79 Å². The first-order valence-corrected chi connectivity index (χ1v) is 6.44. The van der Waals surface area contributed by atoms with Crippen LogP contribution < -0.4 is 5.32 Å². The minimum absolute atomic E-state index is 0.139. The molecule has 4 heteroatoms. The summed E-state index contributed by atoms with van der Waals surface area (Å²) in [5, 5.41) is 3.79. The molecule has 4 nitrogen and oxygen atoms in total. The van der Waals surface area contributed by atoms with Gasteiger partial charge in [0.05, 0.1) is 5.56 Å². The lowest BCUT2D eigenvalue weighted by molar-refractivity contribution is 0.102. The molecule has 3 rings (SSSR count). The quantitative estimate of drug-likeness (QED) is 0.773. The highest BCUT2D eigenvalue weighted by molar-refractivity contribution is 6.12. The van der Waals surface area contributed by atoms with Gasteiger partial charge in [-0.15, -0.1) is 0 Å². The highest BCUT2D eigenvalue weighted by atomic mass is 16.1. The number of benzene rings is 1. The fraction of sp³-hybridized carbons (Fsp3) is 0.125. The summed E-state index contributed by atoms with van der Waals surface area (Å²) in [4.78, 5) is 16.7. The molecule has 0 aliphatic carbocycles. The molecule has 0 radical (unpaired) electrons. The predicted molar refractivity (Wildman–Crippen MR) is 79.8 cm³/mol. The van der Waals surface area contributed by atoms with Gasteiger partial charge in [-0.25, -0.2) is 4.98 Å². The normalized spacial score (nSPS) is 10.7. The van der Waals surface area contributed by atoms with E-state index >= 15 is 0 Å². The van der Waals surface area contributed by atoms with Crippen molar-refractivity contribution in [2.75, 3.05) is 5.32 Å². The number of para-hydroxylation sites is 1. The number of aryl methyl sites for hydroxylation is 2. The molecule has 2 heterocycles. The number of aromatic nitrogens is 2. The molecular weight excluding hydrogens is 250 g/mol. The second kappa shape index (κ2) is 4.81. The van der Waals surface area contributed by atoms with Crippen LogP contribution in [0, 0.1) is 6.92 Å². The minimum Gasteiger partial charge on any atom is -0.350 e. The molecule has 3 aromatic rings. The summed E-state index contributed by atoms with van der Waals surface area (Å²) in [7, 11) is 1.93. The Morgan fingerprint density at radius 3 is 2.75 bits per heavy atom. The Hall–Kier alpha value is -2.62. The lowest BCUT2D eigenvalue weighted by Crippen LogP contribution is -2.12. The summed E-state index contributed by atoms with van der Waals surface area (Å²) in [6.45, 7) is 1.90. The van der Waals surface area contributed by atoms with Crippen LogP contribution in [-0.2, 0) is 7.05 Å². The Bertz CT molecular complexity index is 789. The van der Waals surface area contributed by atoms with E-state index in [4.69, 9.17) is 0 Å². The molecule has 1 amide bonds. The Kier molecular flexibility index (Phi) is 2.99. The first kappa shape index (κ1) is 12.4. The van der Waals surface area contributed by atoms with E-state index in [9.17, 15) is 4.79 Å². The van der Waals surface area contributed by atoms with Crippen molar-refractivity contribution >= 4 is 22.6 Å². The Labute approximate surface area is 117 Å². The minimum atomic E-state index is -0.139. The van der Waals surface area contributed by atoms with Crippen molar-refractivity contribution in [3.8, 4) is 0 Å². The molecule has 2 aromatic heterocycles. The maximum absolute atomic E-state index is 12.4. The summed E-state index contributed by atoms with van der Waals surface area (Å²) in [6, 6.07) is 13.4. The van der Waals surface area contributed by atoms with Crippen molar-refractivity contribution in [1.82, 2.24) is 9.55 Å². The van der Waals surface area contributed by atoms with Gasteiger partial charge < -0.3 is 9.88 Å². The number of hydrogen-bond donors (Lipinski definition) is 1. The average Bonchev–Trinajstić information content (AvgIpc) is 2.77. The molecule has 100 valence electrons. The maximum Gasteiger partial charge on any atom is 0.258 e. The molecule has 0 saturated carbocycles. The summed E-state index contributed by atoms with van der Waals surface area (Å²) in [5.74, 6) is 0.433. The number of hydrogen-bond acceptors (Lipinski definition) is 2. The van der Waals surface area contributed by atoms with Crippen LogP contribution in [0.15, 0.2) is 48.7 Å². The van der Waals surface area contributed by atoms with Gasteiger partial charge in [0.15, 0.2) is 0 Å². The van der Waals surface area contributed by atoms with Crippen LogP contribution in [0.3, 0.4) is 0 Å². The van der Waals surface area contributed by atoms with Gasteiger partial charge in [0.1, 0.15) is 5.82 Å². The highest BCUT2D eigenvalue weighted by Gasteiger charge is 2.13. The molecule has 1 aromatic carbocycles. The molecule has 20 heavy (non-hydrogen) atoms. The van der Waals surface area contributed by atoms with Gasteiger partial charge >= 0.3 is 0 Å². The molecule has 0 saturated heterocycles. The van der Waals surface area contributed by atoms with Gasteiger partial charge in [-0.1, -0.05) is 24.3 Å². The third-order valence-electron chi connectivity index (χ3n) is 3.27. The lowest BCUT2D eigenvalue weighted by Gasteiger charge is -2.04. The zero-order valence-electron chi connectivity index (χ0n) is 11.4. The molecule has 0 spiro atoms. The smallest absolute Gasteiger partial charge is 0.258 e. The van der Waals surface area contributed by atoms with E-state index < -0.39 is 0 Å². The first-order chi connectivity index (χ1) is 9.65. The largest absolute Gasteiger partial charge is 0.350 e. The van der Waals surface area contributed by atoms with Crippen molar-refractivity contribution in [3.63, 3.8) is 0 Å². The Morgan fingerprint density at radius 2 is 1.95 bits per heavy atom. The predicted octanol–water partition coefficient (Wildman–Crippen LogP) is 3.13. The van der Waals surface area contributed by atoms with Crippen molar-refractivity contribution in [2.24, 2.45) is 7.05 Å². The van der Waals surface area contributed by atoms with Gasteiger partial charge in [0.2, 0.25) is 0 Å². The van der Waals surface area contributed by atoms with Crippen LogP contribution in [0.4, 0.5) is 5.82 Å². The summed E-state index contributed by atoms with van der Waals surface area (Å²) < 4.78 is 1.95. The van der Waals surface area contributed by atoms with E-state index in [0.717, 1.165) is 16.6 Å². The van der Waals surface area contributed by atoms with E-state index in [1.165, 1.54) is 0 Å². The number of pyridine rings is 1. The number of carbonyl (C=O) groups is 1. The first-order valence-electron chi connectivity index (χ1n) is 6.44. The monoisotopic (exact) mass is 265 g/mol. The van der Waals surface area contributed by atoms with Crippen LogP contribution in [0.5, 0.6) is 0 Å². The van der Waals surface area contributed by atoms with Crippen LogP contribution in [0.25, 0.3) is 10.9 Å². The topological polar surface area (TPSA) is 46.9 Å². The number of amides is 1.